The highest BCUT2D eigenvalue weighted by Crippen LogP contribution is 2.16. The van der Waals surface area contributed by atoms with E-state index in [4.69, 9.17) is 5.73 Å². The Hall–Kier alpha value is -0.610. The number of rotatable bonds is 7. The average Bonchev–Trinajstić information content (AvgIpc) is 2.80. The van der Waals surface area contributed by atoms with E-state index in [0.717, 1.165) is 45.4 Å². The number of hydrogen-bond acceptors (Lipinski definition) is 3. The van der Waals surface area contributed by atoms with Gasteiger partial charge in [-0.3, -0.25) is 9.69 Å². The van der Waals surface area contributed by atoms with Crippen LogP contribution in [-0.2, 0) is 4.79 Å². The Bertz CT molecular complexity index is 229. The molecule has 17 heavy (non-hydrogen) atoms. The fraction of sp³-hybridized carbons (Fsp3) is 0.923. The summed E-state index contributed by atoms with van der Waals surface area (Å²) in [5.41, 5.74) is 5.43. The summed E-state index contributed by atoms with van der Waals surface area (Å²) in [4.78, 5) is 16.4. The van der Waals surface area contributed by atoms with Gasteiger partial charge in [0.25, 0.3) is 0 Å². The molecule has 0 aromatic carbocycles. The van der Waals surface area contributed by atoms with Crippen LogP contribution in [0, 0.1) is 0 Å². The first-order chi connectivity index (χ1) is 8.22. The molecule has 1 unspecified atom stereocenters. The maximum absolute atomic E-state index is 11.9. The lowest BCUT2D eigenvalue weighted by atomic mass is 10.2. The molecule has 0 aliphatic carbocycles. The molecule has 0 spiro atoms. The van der Waals surface area contributed by atoms with Crippen molar-refractivity contribution in [2.75, 3.05) is 32.7 Å². The molecule has 1 amide bonds. The average molecular weight is 241 g/mol. The molecule has 0 radical (unpaired) electrons. The Balaban J connectivity index is 2.31. The molecule has 4 nitrogen and oxygen atoms in total. The van der Waals surface area contributed by atoms with Gasteiger partial charge >= 0.3 is 0 Å². The van der Waals surface area contributed by atoms with Crippen molar-refractivity contribution in [1.82, 2.24) is 9.80 Å². The van der Waals surface area contributed by atoms with Crippen LogP contribution in [0.25, 0.3) is 0 Å². The molecular formula is C13H27N3O. The maximum atomic E-state index is 11.9. The maximum Gasteiger partial charge on any atom is 0.222 e. The molecule has 1 saturated heterocycles. The molecular weight excluding hydrogens is 214 g/mol. The van der Waals surface area contributed by atoms with Crippen molar-refractivity contribution in [2.24, 2.45) is 5.73 Å². The first-order valence-corrected chi connectivity index (χ1v) is 6.94. The molecule has 0 saturated carbocycles. The molecule has 1 aliphatic heterocycles. The van der Waals surface area contributed by atoms with E-state index in [1.54, 1.807) is 0 Å². The number of nitrogens with zero attached hydrogens (tertiary/aromatic N) is 2. The monoisotopic (exact) mass is 241 g/mol. The van der Waals surface area contributed by atoms with Crippen LogP contribution < -0.4 is 5.73 Å². The van der Waals surface area contributed by atoms with Crippen LogP contribution in [0.3, 0.4) is 0 Å². The minimum atomic E-state index is 0.313. The van der Waals surface area contributed by atoms with Gasteiger partial charge in [0, 0.05) is 25.6 Å². The van der Waals surface area contributed by atoms with Gasteiger partial charge in [-0.2, -0.15) is 0 Å². The summed E-state index contributed by atoms with van der Waals surface area (Å²) in [6.45, 7) is 9.08. The fourth-order valence-corrected chi connectivity index (χ4v) is 2.59. The SMILES string of the molecule is CCN(CC)C1CCN(C(=O)CCCCN)C1. The number of amides is 1. The number of likely N-dealkylation sites (N-methyl/N-ethyl adjacent to an activating group) is 1. The van der Waals surface area contributed by atoms with Gasteiger partial charge in [0.2, 0.25) is 5.91 Å². The zero-order valence-electron chi connectivity index (χ0n) is 11.3. The topological polar surface area (TPSA) is 49.6 Å². The Morgan fingerprint density at radius 3 is 2.65 bits per heavy atom. The van der Waals surface area contributed by atoms with Crippen molar-refractivity contribution < 1.29 is 4.79 Å². The first kappa shape index (κ1) is 14.5. The summed E-state index contributed by atoms with van der Waals surface area (Å²) in [5.74, 6) is 0.313. The molecule has 1 heterocycles. The molecule has 0 aromatic rings. The second-order valence-electron chi connectivity index (χ2n) is 4.75. The Labute approximate surface area is 105 Å². The lowest BCUT2D eigenvalue weighted by Crippen LogP contribution is -2.38. The number of hydrogen-bond donors (Lipinski definition) is 1. The number of carbonyl (C=O) groups is 1. The van der Waals surface area contributed by atoms with Crippen LogP contribution in [-0.4, -0.2) is 54.5 Å². The smallest absolute Gasteiger partial charge is 0.222 e. The van der Waals surface area contributed by atoms with Crippen LogP contribution in [0.1, 0.15) is 39.5 Å². The van der Waals surface area contributed by atoms with Crippen LogP contribution in [0.4, 0.5) is 0 Å². The van der Waals surface area contributed by atoms with Gasteiger partial charge in [-0.15, -0.1) is 0 Å². The van der Waals surface area contributed by atoms with Crippen molar-refractivity contribution in [3.8, 4) is 0 Å². The lowest BCUT2D eigenvalue weighted by molar-refractivity contribution is -0.130. The summed E-state index contributed by atoms with van der Waals surface area (Å²) in [5, 5.41) is 0. The van der Waals surface area contributed by atoms with E-state index in [1.165, 1.54) is 0 Å². The van der Waals surface area contributed by atoms with E-state index in [2.05, 4.69) is 18.7 Å². The van der Waals surface area contributed by atoms with E-state index in [9.17, 15) is 4.79 Å². The van der Waals surface area contributed by atoms with Crippen LogP contribution in [0.5, 0.6) is 0 Å². The third-order valence-corrected chi connectivity index (χ3v) is 3.69. The third-order valence-electron chi connectivity index (χ3n) is 3.69. The van der Waals surface area contributed by atoms with Gasteiger partial charge < -0.3 is 10.6 Å². The van der Waals surface area contributed by atoms with E-state index in [0.29, 0.717) is 24.9 Å². The van der Waals surface area contributed by atoms with E-state index >= 15 is 0 Å². The summed E-state index contributed by atoms with van der Waals surface area (Å²) in [6, 6.07) is 0.573. The summed E-state index contributed by atoms with van der Waals surface area (Å²) in [7, 11) is 0. The molecule has 4 heteroatoms. The van der Waals surface area contributed by atoms with Crippen molar-refractivity contribution in [2.45, 2.75) is 45.6 Å². The molecule has 1 aliphatic rings. The second kappa shape index (κ2) is 7.67. The fourth-order valence-electron chi connectivity index (χ4n) is 2.59. The van der Waals surface area contributed by atoms with Gasteiger partial charge in [-0.05, 0) is 38.9 Å². The number of carbonyl (C=O) groups excluding carboxylic acids is 1. The molecule has 1 fully saturated rings. The largest absolute Gasteiger partial charge is 0.341 e. The van der Waals surface area contributed by atoms with Gasteiger partial charge in [0.05, 0.1) is 0 Å². The zero-order chi connectivity index (χ0) is 12.7. The minimum absolute atomic E-state index is 0.313. The molecule has 0 bridgehead atoms. The van der Waals surface area contributed by atoms with E-state index in [1.807, 2.05) is 4.90 Å². The van der Waals surface area contributed by atoms with Crippen LogP contribution >= 0.6 is 0 Å². The standard InChI is InChI=1S/C13H27N3O/c1-3-15(4-2)12-8-10-16(11-12)13(17)7-5-6-9-14/h12H,3-11,14H2,1-2H3. The first-order valence-electron chi connectivity index (χ1n) is 6.94. The highest BCUT2D eigenvalue weighted by atomic mass is 16.2. The molecule has 1 atom stereocenters. The Kier molecular flexibility index (Phi) is 6.52. The molecule has 2 N–H and O–H groups in total. The normalized spacial score (nSPS) is 20.2. The lowest BCUT2D eigenvalue weighted by Gasteiger charge is -2.26. The quantitative estimate of drug-likeness (QED) is 0.678. The summed E-state index contributed by atoms with van der Waals surface area (Å²) >= 11 is 0. The van der Waals surface area contributed by atoms with Gasteiger partial charge in [0.15, 0.2) is 0 Å². The third kappa shape index (κ3) is 4.28. The number of unbranched alkanes of at least 4 members (excludes halogenated alkanes) is 1. The van der Waals surface area contributed by atoms with Gasteiger partial charge in [-0.1, -0.05) is 13.8 Å². The highest BCUT2D eigenvalue weighted by Gasteiger charge is 2.28. The Morgan fingerprint density at radius 2 is 2.06 bits per heavy atom. The van der Waals surface area contributed by atoms with Gasteiger partial charge in [-0.25, -0.2) is 0 Å². The predicted molar refractivity (Wildman–Crippen MR) is 70.8 cm³/mol. The van der Waals surface area contributed by atoms with Crippen LogP contribution in [0.15, 0.2) is 0 Å². The predicted octanol–water partition coefficient (Wildman–Crippen LogP) is 1.06. The molecule has 100 valence electrons. The molecule has 0 aromatic heterocycles. The van der Waals surface area contributed by atoms with E-state index in [-0.39, 0.29) is 0 Å². The van der Waals surface area contributed by atoms with Crippen LogP contribution in [0.2, 0.25) is 0 Å². The van der Waals surface area contributed by atoms with Crippen molar-refractivity contribution in [3.05, 3.63) is 0 Å². The minimum Gasteiger partial charge on any atom is -0.341 e. The molecule has 1 rings (SSSR count). The van der Waals surface area contributed by atoms with E-state index < -0.39 is 0 Å². The number of nitrogens with two attached hydrogens (primary N) is 1. The Morgan fingerprint density at radius 1 is 1.35 bits per heavy atom. The van der Waals surface area contributed by atoms with Crippen molar-refractivity contribution >= 4 is 5.91 Å². The van der Waals surface area contributed by atoms with Crippen molar-refractivity contribution in [3.63, 3.8) is 0 Å². The highest BCUT2D eigenvalue weighted by molar-refractivity contribution is 5.76. The summed E-state index contributed by atoms with van der Waals surface area (Å²) in [6.07, 6.45) is 3.69. The second-order valence-corrected chi connectivity index (χ2v) is 4.75. The number of likely N-dealkylation sites (tertiary alicyclic amines) is 1. The zero-order valence-corrected chi connectivity index (χ0v) is 11.3. The van der Waals surface area contributed by atoms with Gasteiger partial charge in [0.1, 0.15) is 0 Å². The van der Waals surface area contributed by atoms with Crippen molar-refractivity contribution in [1.29, 1.82) is 0 Å². The summed E-state index contributed by atoms with van der Waals surface area (Å²) < 4.78 is 0.